The Balaban J connectivity index is 2.06. The number of fused-ring (bicyclic) bond motifs is 1. The molecular formula is C18H27NO2. The fraction of sp³-hybridized carbons (Fsp3) is 0.611. The van der Waals surface area contributed by atoms with Crippen LogP contribution >= 0.6 is 0 Å². The first kappa shape index (κ1) is 16.0. The Morgan fingerprint density at radius 3 is 2.62 bits per heavy atom. The van der Waals surface area contributed by atoms with E-state index in [0.29, 0.717) is 12.3 Å². The zero-order valence-corrected chi connectivity index (χ0v) is 13.8. The van der Waals surface area contributed by atoms with Crippen molar-refractivity contribution < 1.29 is 9.90 Å². The average Bonchev–Trinajstić information content (AvgIpc) is 2.62. The van der Waals surface area contributed by atoms with Crippen LogP contribution in [0, 0.1) is 11.3 Å². The van der Waals surface area contributed by atoms with Gasteiger partial charge in [-0.15, -0.1) is 0 Å². The number of carbonyl (C=O) groups excluding carboxylic acids is 1. The van der Waals surface area contributed by atoms with Crippen LogP contribution in [0.5, 0.6) is 0 Å². The van der Waals surface area contributed by atoms with Gasteiger partial charge in [0.2, 0.25) is 5.91 Å². The van der Waals surface area contributed by atoms with Gasteiger partial charge >= 0.3 is 0 Å². The Hall–Kier alpha value is -1.35. The number of amides is 1. The highest BCUT2D eigenvalue weighted by molar-refractivity contribution is 6.00. The topological polar surface area (TPSA) is 40.5 Å². The Morgan fingerprint density at radius 2 is 2.00 bits per heavy atom. The summed E-state index contributed by atoms with van der Waals surface area (Å²) in [5.74, 6) is 0.593. The molecule has 1 aromatic rings. The van der Waals surface area contributed by atoms with Crippen molar-refractivity contribution in [3.8, 4) is 0 Å². The molecule has 0 radical (unpaired) electrons. The van der Waals surface area contributed by atoms with E-state index in [0.717, 1.165) is 29.7 Å². The van der Waals surface area contributed by atoms with E-state index in [2.05, 4.69) is 27.7 Å². The third-order valence-electron chi connectivity index (χ3n) is 4.15. The van der Waals surface area contributed by atoms with Gasteiger partial charge < -0.3 is 10.0 Å². The highest BCUT2D eigenvalue weighted by atomic mass is 16.3. The molecular weight excluding hydrogens is 262 g/mol. The van der Waals surface area contributed by atoms with E-state index in [9.17, 15) is 9.90 Å². The first-order valence-corrected chi connectivity index (χ1v) is 7.75. The van der Waals surface area contributed by atoms with Gasteiger partial charge in [0.15, 0.2) is 0 Å². The van der Waals surface area contributed by atoms with Crippen LogP contribution in [0.3, 0.4) is 0 Å². The van der Waals surface area contributed by atoms with E-state index in [1.807, 2.05) is 18.2 Å². The maximum Gasteiger partial charge on any atom is 0.231 e. The van der Waals surface area contributed by atoms with E-state index < -0.39 is 6.10 Å². The summed E-state index contributed by atoms with van der Waals surface area (Å²) in [6.45, 7) is 8.88. The van der Waals surface area contributed by atoms with E-state index in [-0.39, 0.29) is 11.3 Å². The summed E-state index contributed by atoms with van der Waals surface area (Å²) in [5.41, 5.74) is 3.21. The highest BCUT2D eigenvalue weighted by Crippen LogP contribution is 2.34. The SMILES string of the molecule is CC(CC(O)c1ccc2c(c1)CC(=O)N2C)CC(C)(C)C. The van der Waals surface area contributed by atoms with E-state index in [1.165, 1.54) is 0 Å². The number of anilines is 1. The van der Waals surface area contributed by atoms with Crippen molar-refractivity contribution in [2.24, 2.45) is 11.3 Å². The largest absolute Gasteiger partial charge is 0.388 e. The van der Waals surface area contributed by atoms with Crippen LogP contribution in [0.15, 0.2) is 18.2 Å². The third kappa shape index (κ3) is 3.85. The Kier molecular flexibility index (Phi) is 4.43. The van der Waals surface area contributed by atoms with Gasteiger partial charge in [0.25, 0.3) is 0 Å². The molecule has 1 aliphatic heterocycles. The van der Waals surface area contributed by atoms with Gasteiger partial charge in [0.05, 0.1) is 12.5 Å². The van der Waals surface area contributed by atoms with Crippen LogP contribution < -0.4 is 4.90 Å². The Morgan fingerprint density at radius 1 is 1.33 bits per heavy atom. The molecule has 1 amide bonds. The number of rotatable bonds is 4. The molecule has 0 bridgehead atoms. The van der Waals surface area contributed by atoms with Gasteiger partial charge in [-0.2, -0.15) is 0 Å². The molecule has 1 heterocycles. The summed E-state index contributed by atoms with van der Waals surface area (Å²) in [5, 5.41) is 10.5. The summed E-state index contributed by atoms with van der Waals surface area (Å²) in [6, 6.07) is 5.89. The minimum Gasteiger partial charge on any atom is -0.388 e. The number of aliphatic hydroxyl groups excluding tert-OH is 1. The van der Waals surface area contributed by atoms with Crippen LogP contribution in [0.1, 0.15) is 57.8 Å². The molecule has 0 saturated heterocycles. The standard InChI is InChI=1S/C18H27NO2/c1-12(11-18(2,3)4)8-16(20)13-6-7-15-14(9-13)10-17(21)19(15)5/h6-7,9,12,16,20H,8,10-11H2,1-5H3. The maximum absolute atomic E-state index is 11.7. The zero-order chi connectivity index (χ0) is 15.8. The maximum atomic E-state index is 11.7. The molecule has 0 fully saturated rings. The third-order valence-corrected chi connectivity index (χ3v) is 4.15. The molecule has 116 valence electrons. The van der Waals surface area contributed by atoms with Crippen molar-refractivity contribution in [3.63, 3.8) is 0 Å². The van der Waals surface area contributed by atoms with Crippen LogP contribution in [-0.2, 0) is 11.2 Å². The second-order valence-corrected chi connectivity index (χ2v) is 7.64. The van der Waals surface area contributed by atoms with Gasteiger partial charge in [0, 0.05) is 12.7 Å². The quantitative estimate of drug-likeness (QED) is 0.918. The van der Waals surface area contributed by atoms with E-state index >= 15 is 0 Å². The minimum atomic E-state index is -0.450. The fourth-order valence-electron chi connectivity index (χ4n) is 3.34. The van der Waals surface area contributed by atoms with Crippen molar-refractivity contribution in [3.05, 3.63) is 29.3 Å². The lowest BCUT2D eigenvalue weighted by molar-refractivity contribution is -0.117. The van der Waals surface area contributed by atoms with Gasteiger partial charge in [-0.05, 0) is 41.4 Å². The predicted octanol–water partition coefficient (Wildman–Crippen LogP) is 3.70. The summed E-state index contributed by atoms with van der Waals surface area (Å²) in [7, 11) is 1.80. The number of likely N-dealkylation sites (N-methyl/N-ethyl adjacent to an activating group) is 1. The van der Waals surface area contributed by atoms with Gasteiger partial charge in [-0.3, -0.25) is 4.79 Å². The molecule has 0 aromatic heterocycles. The van der Waals surface area contributed by atoms with Crippen molar-refractivity contribution in [2.75, 3.05) is 11.9 Å². The first-order valence-electron chi connectivity index (χ1n) is 7.75. The van der Waals surface area contributed by atoms with Gasteiger partial charge in [-0.1, -0.05) is 39.8 Å². The first-order chi connectivity index (χ1) is 9.67. The molecule has 1 N–H and O–H groups in total. The number of hydrogen-bond donors (Lipinski definition) is 1. The molecule has 2 unspecified atom stereocenters. The average molecular weight is 289 g/mol. The molecule has 0 saturated carbocycles. The molecule has 3 heteroatoms. The molecule has 3 nitrogen and oxygen atoms in total. The van der Waals surface area contributed by atoms with Crippen molar-refractivity contribution in [2.45, 2.75) is 53.1 Å². The number of carbonyl (C=O) groups is 1. The van der Waals surface area contributed by atoms with Crippen LogP contribution in [-0.4, -0.2) is 18.1 Å². The van der Waals surface area contributed by atoms with E-state index in [1.54, 1.807) is 11.9 Å². The molecule has 2 rings (SSSR count). The lowest BCUT2D eigenvalue weighted by Crippen LogP contribution is -2.20. The molecule has 1 aliphatic rings. The predicted molar refractivity (Wildman–Crippen MR) is 86.4 cm³/mol. The summed E-state index contributed by atoms with van der Waals surface area (Å²) >= 11 is 0. The summed E-state index contributed by atoms with van der Waals surface area (Å²) in [6.07, 6.45) is 1.86. The molecule has 0 aliphatic carbocycles. The molecule has 21 heavy (non-hydrogen) atoms. The Bertz CT molecular complexity index is 531. The zero-order valence-electron chi connectivity index (χ0n) is 13.8. The van der Waals surface area contributed by atoms with Gasteiger partial charge in [0.1, 0.15) is 0 Å². The number of hydrogen-bond acceptors (Lipinski definition) is 2. The van der Waals surface area contributed by atoms with E-state index in [4.69, 9.17) is 0 Å². The molecule has 2 atom stereocenters. The van der Waals surface area contributed by atoms with Crippen LogP contribution in [0.2, 0.25) is 0 Å². The molecule has 0 spiro atoms. The highest BCUT2D eigenvalue weighted by Gasteiger charge is 2.25. The lowest BCUT2D eigenvalue weighted by atomic mass is 9.82. The van der Waals surface area contributed by atoms with Crippen molar-refractivity contribution in [1.82, 2.24) is 0 Å². The number of aliphatic hydroxyl groups is 1. The second kappa shape index (κ2) is 5.80. The van der Waals surface area contributed by atoms with Gasteiger partial charge in [-0.25, -0.2) is 0 Å². The normalized spacial score (nSPS) is 17.8. The lowest BCUT2D eigenvalue weighted by Gasteiger charge is -2.25. The smallest absolute Gasteiger partial charge is 0.231 e. The fourth-order valence-corrected chi connectivity index (χ4v) is 3.34. The number of nitrogens with zero attached hydrogens (tertiary/aromatic N) is 1. The Labute approximate surface area is 128 Å². The van der Waals surface area contributed by atoms with Crippen LogP contribution in [0.25, 0.3) is 0 Å². The second-order valence-electron chi connectivity index (χ2n) is 7.64. The summed E-state index contributed by atoms with van der Waals surface area (Å²) < 4.78 is 0. The van der Waals surface area contributed by atoms with Crippen molar-refractivity contribution in [1.29, 1.82) is 0 Å². The van der Waals surface area contributed by atoms with Crippen LogP contribution in [0.4, 0.5) is 5.69 Å². The minimum absolute atomic E-state index is 0.123. The summed E-state index contributed by atoms with van der Waals surface area (Å²) in [4.78, 5) is 13.4. The monoisotopic (exact) mass is 289 g/mol. The molecule has 1 aromatic carbocycles. The van der Waals surface area contributed by atoms with Crippen molar-refractivity contribution >= 4 is 11.6 Å². The number of benzene rings is 1.